The van der Waals surface area contributed by atoms with Crippen LogP contribution in [0.3, 0.4) is 0 Å². The molecule has 1 atom stereocenters. The standard InChI is InChI=1S/C12H16N4/c1-8-5-4-6-11(7-8)16-10(3)14-12(15-16)9(2)13/h4-7,9H,13H2,1-3H3. The van der Waals surface area contributed by atoms with Crippen LogP contribution in [0.1, 0.15) is 30.2 Å². The first-order valence-electron chi connectivity index (χ1n) is 5.34. The Morgan fingerprint density at radius 1 is 1.31 bits per heavy atom. The van der Waals surface area contributed by atoms with Crippen LogP contribution in [0.25, 0.3) is 5.69 Å². The van der Waals surface area contributed by atoms with E-state index in [0.29, 0.717) is 5.82 Å². The highest BCUT2D eigenvalue weighted by Gasteiger charge is 2.10. The monoisotopic (exact) mass is 216 g/mol. The average Bonchev–Trinajstić information content (AvgIpc) is 2.60. The number of aromatic nitrogens is 3. The normalized spacial score (nSPS) is 12.8. The quantitative estimate of drug-likeness (QED) is 0.834. The molecule has 0 aliphatic heterocycles. The Morgan fingerprint density at radius 2 is 2.06 bits per heavy atom. The lowest BCUT2D eigenvalue weighted by atomic mass is 10.2. The molecule has 4 nitrogen and oxygen atoms in total. The summed E-state index contributed by atoms with van der Waals surface area (Å²) >= 11 is 0. The summed E-state index contributed by atoms with van der Waals surface area (Å²) in [5, 5.41) is 4.40. The van der Waals surface area contributed by atoms with Crippen molar-refractivity contribution in [3.8, 4) is 5.69 Å². The summed E-state index contributed by atoms with van der Waals surface area (Å²) in [6.07, 6.45) is 0. The van der Waals surface area contributed by atoms with Crippen LogP contribution in [-0.2, 0) is 0 Å². The third-order valence-electron chi connectivity index (χ3n) is 2.44. The second-order valence-corrected chi connectivity index (χ2v) is 4.06. The molecule has 16 heavy (non-hydrogen) atoms. The van der Waals surface area contributed by atoms with Crippen molar-refractivity contribution < 1.29 is 0 Å². The van der Waals surface area contributed by atoms with Crippen LogP contribution in [0.4, 0.5) is 0 Å². The molecule has 0 amide bonds. The van der Waals surface area contributed by atoms with Crippen molar-refractivity contribution in [1.29, 1.82) is 0 Å². The molecular formula is C12H16N4. The number of nitrogens with zero attached hydrogens (tertiary/aromatic N) is 3. The molecular weight excluding hydrogens is 200 g/mol. The van der Waals surface area contributed by atoms with E-state index >= 15 is 0 Å². The number of benzene rings is 1. The van der Waals surface area contributed by atoms with E-state index in [4.69, 9.17) is 5.73 Å². The lowest BCUT2D eigenvalue weighted by molar-refractivity contribution is 0.724. The van der Waals surface area contributed by atoms with Crippen molar-refractivity contribution in [2.24, 2.45) is 5.73 Å². The van der Waals surface area contributed by atoms with Gasteiger partial charge in [0.05, 0.1) is 11.7 Å². The second kappa shape index (κ2) is 4.06. The number of rotatable bonds is 2. The fourth-order valence-electron chi connectivity index (χ4n) is 1.61. The predicted molar refractivity (Wildman–Crippen MR) is 63.4 cm³/mol. The lowest BCUT2D eigenvalue weighted by Gasteiger charge is -2.03. The third-order valence-corrected chi connectivity index (χ3v) is 2.44. The first-order chi connectivity index (χ1) is 7.58. The molecule has 2 rings (SSSR count). The molecule has 0 fully saturated rings. The third kappa shape index (κ3) is 1.97. The van der Waals surface area contributed by atoms with E-state index in [1.807, 2.05) is 30.7 Å². The molecule has 0 bridgehead atoms. The van der Waals surface area contributed by atoms with Gasteiger partial charge >= 0.3 is 0 Å². The molecule has 0 radical (unpaired) electrons. The smallest absolute Gasteiger partial charge is 0.167 e. The van der Waals surface area contributed by atoms with Crippen LogP contribution in [0.15, 0.2) is 24.3 Å². The summed E-state index contributed by atoms with van der Waals surface area (Å²) in [4.78, 5) is 4.34. The summed E-state index contributed by atoms with van der Waals surface area (Å²) in [5.41, 5.74) is 7.99. The number of hydrogen-bond donors (Lipinski definition) is 1. The van der Waals surface area contributed by atoms with E-state index in [1.54, 1.807) is 0 Å². The molecule has 0 aliphatic carbocycles. The molecule has 2 N–H and O–H groups in total. The van der Waals surface area contributed by atoms with Crippen molar-refractivity contribution in [3.63, 3.8) is 0 Å². The predicted octanol–water partition coefficient (Wildman–Crippen LogP) is 1.90. The van der Waals surface area contributed by atoms with Gasteiger partial charge in [-0.25, -0.2) is 9.67 Å². The molecule has 1 unspecified atom stereocenters. The van der Waals surface area contributed by atoms with Gasteiger partial charge < -0.3 is 5.73 Å². The van der Waals surface area contributed by atoms with Gasteiger partial charge in [-0.3, -0.25) is 0 Å². The van der Waals surface area contributed by atoms with Crippen molar-refractivity contribution >= 4 is 0 Å². The Balaban J connectivity index is 2.48. The lowest BCUT2D eigenvalue weighted by Crippen LogP contribution is -2.07. The fourth-order valence-corrected chi connectivity index (χ4v) is 1.61. The van der Waals surface area contributed by atoms with Crippen LogP contribution in [-0.4, -0.2) is 14.8 Å². The minimum Gasteiger partial charge on any atom is -0.321 e. The van der Waals surface area contributed by atoms with Gasteiger partial charge in [0, 0.05) is 0 Å². The summed E-state index contributed by atoms with van der Waals surface area (Å²) in [7, 11) is 0. The topological polar surface area (TPSA) is 56.7 Å². The maximum atomic E-state index is 5.77. The minimum absolute atomic E-state index is 0.134. The zero-order valence-corrected chi connectivity index (χ0v) is 9.81. The van der Waals surface area contributed by atoms with Crippen LogP contribution in [0.2, 0.25) is 0 Å². The maximum Gasteiger partial charge on any atom is 0.167 e. The Morgan fingerprint density at radius 3 is 2.62 bits per heavy atom. The summed E-state index contributed by atoms with van der Waals surface area (Å²) in [6, 6.07) is 8.02. The summed E-state index contributed by atoms with van der Waals surface area (Å²) in [6.45, 7) is 5.87. The van der Waals surface area contributed by atoms with E-state index < -0.39 is 0 Å². The first-order valence-corrected chi connectivity index (χ1v) is 5.34. The van der Waals surface area contributed by atoms with Gasteiger partial charge in [-0.15, -0.1) is 5.10 Å². The molecule has 4 heteroatoms. The van der Waals surface area contributed by atoms with Gasteiger partial charge in [0.15, 0.2) is 5.82 Å². The van der Waals surface area contributed by atoms with E-state index in [1.165, 1.54) is 5.56 Å². The van der Waals surface area contributed by atoms with Crippen molar-refractivity contribution in [2.75, 3.05) is 0 Å². The van der Waals surface area contributed by atoms with Gasteiger partial charge in [0.2, 0.25) is 0 Å². The van der Waals surface area contributed by atoms with Crippen LogP contribution < -0.4 is 5.73 Å². The van der Waals surface area contributed by atoms with Crippen molar-refractivity contribution in [1.82, 2.24) is 14.8 Å². The van der Waals surface area contributed by atoms with Crippen LogP contribution in [0, 0.1) is 13.8 Å². The van der Waals surface area contributed by atoms with Crippen LogP contribution in [0.5, 0.6) is 0 Å². The highest BCUT2D eigenvalue weighted by Crippen LogP contribution is 2.13. The van der Waals surface area contributed by atoms with Crippen molar-refractivity contribution in [3.05, 3.63) is 41.5 Å². The van der Waals surface area contributed by atoms with Gasteiger partial charge in [-0.2, -0.15) is 0 Å². The molecule has 1 aromatic heterocycles. The number of nitrogens with two attached hydrogens (primary N) is 1. The number of aryl methyl sites for hydroxylation is 2. The fraction of sp³-hybridized carbons (Fsp3) is 0.333. The highest BCUT2D eigenvalue weighted by atomic mass is 15.4. The molecule has 0 spiro atoms. The summed E-state index contributed by atoms with van der Waals surface area (Å²) < 4.78 is 1.83. The highest BCUT2D eigenvalue weighted by molar-refractivity contribution is 5.35. The zero-order valence-electron chi connectivity index (χ0n) is 9.81. The SMILES string of the molecule is Cc1cccc(-n2nc(C(C)N)nc2C)c1. The Labute approximate surface area is 95.1 Å². The van der Waals surface area contributed by atoms with Gasteiger partial charge in [0.25, 0.3) is 0 Å². The molecule has 2 aromatic rings. The molecule has 84 valence electrons. The molecule has 1 aromatic carbocycles. The Hall–Kier alpha value is -1.68. The van der Waals surface area contributed by atoms with E-state index in [-0.39, 0.29) is 6.04 Å². The molecule has 0 saturated carbocycles. The van der Waals surface area contributed by atoms with E-state index in [9.17, 15) is 0 Å². The zero-order chi connectivity index (χ0) is 11.7. The van der Waals surface area contributed by atoms with E-state index in [2.05, 4.69) is 29.1 Å². The Kier molecular flexibility index (Phi) is 2.75. The van der Waals surface area contributed by atoms with Crippen LogP contribution >= 0.6 is 0 Å². The van der Waals surface area contributed by atoms with E-state index in [0.717, 1.165) is 11.5 Å². The average molecular weight is 216 g/mol. The number of hydrogen-bond acceptors (Lipinski definition) is 3. The summed E-state index contributed by atoms with van der Waals surface area (Å²) in [5.74, 6) is 1.54. The van der Waals surface area contributed by atoms with Crippen molar-refractivity contribution in [2.45, 2.75) is 26.8 Å². The molecule has 0 aliphatic rings. The van der Waals surface area contributed by atoms with Gasteiger partial charge in [0.1, 0.15) is 5.82 Å². The Bertz CT molecular complexity index is 499. The molecule has 0 saturated heterocycles. The first kappa shape index (κ1) is 10.8. The van der Waals surface area contributed by atoms with Gasteiger partial charge in [-0.05, 0) is 38.5 Å². The largest absolute Gasteiger partial charge is 0.321 e. The minimum atomic E-state index is -0.134. The molecule has 1 heterocycles. The second-order valence-electron chi connectivity index (χ2n) is 4.06. The maximum absolute atomic E-state index is 5.77. The van der Waals surface area contributed by atoms with Gasteiger partial charge in [-0.1, -0.05) is 12.1 Å².